The van der Waals surface area contributed by atoms with Crippen molar-refractivity contribution in [3.05, 3.63) is 63.9 Å². The van der Waals surface area contributed by atoms with Gasteiger partial charge in [0, 0.05) is 24.3 Å². The lowest BCUT2D eigenvalue weighted by Crippen LogP contribution is -2.31. The van der Waals surface area contributed by atoms with Crippen molar-refractivity contribution in [1.29, 1.82) is 0 Å². The van der Waals surface area contributed by atoms with E-state index >= 15 is 0 Å². The van der Waals surface area contributed by atoms with Gasteiger partial charge in [0.15, 0.2) is 0 Å². The normalized spacial score (nSPS) is 14.9. The molecule has 0 amide bonds. The van der Waals surface area contributed by atoms with Crippen LogP contribution in [0.25, 0.3) is 0 Å². The van der Waals surface area contributed by atoms with E-state index in [2.05, 4.69) is 0 Å². The summed E-state index contributed by atoms with van der Waals surface area (Å²) in [6.07, 6.45) is -3.83. The lowest BCUT2D eigenvalue weighted by Gasteiger charge is -2.31. The Morgan fingerprint density at radius 2 is 1.86 bits per heavy atom. The van der Waals surface area contributed by atoms with Gasteiger partial charge in [-0.2, -0.15) is 13.2 Å². The largest absolute Gasteiger partial charge is 0.417 e. The van der Waals surface area contributed by atoms with Crippen LogP contribution in [0.4, 0.5) is 23.2 Å². The van der Waals surface area contributed by atoms with Gasteiger partial charge in [-0.25, -0.2) is 4.39 Å². The number of hydrogen-bond donors (Lipinski definition) is 0. The van der Waals surface area contributed by atoms with E-state index in [1.54, 1.807) is 6.07 Å². The van der Waals surface area contributed by atoms with Crippen molar-refractivity contribution in [2.75, 3.05) is 11.4 Å². The van der Waals surface area contributed by atoms with E-state index in [0.29, 0.717) is 30.8 Å². The average molecular weight is 330 g/mol. The fourth-order valence-corrected chi connectivity index (χ4v) is 2.97. The van der Waals surface area contributed by atoms with Crippen LogP contribution >= 0.6 is 11.6 Å². The van der Waals surface area contributed by atoms with E-state index in [0.717, 1.165) is 11.6 Å². The second kappa shape index (κ2) is 5.47. The van der Waals surface area contributed by atoms with Crippen LogP contribution in [0.1, 0.15) is 16.7 Å². The first kappa shape index (κ1) is 15.2. The number of hydrogen-bond acceptors (Lipinski definition) is 1. The fourth-order valence-electron chi connectivity index (χ4n) is 2.69. The second-order valence-electron chi connectivity index (χ2n) is 5.21. The van der Waals surface area contributed by atoms with Crippen molar-refractivity contribution < 1.29 is 17.6 Å². The van der Waals surface area contributed by atoms with Gasteiger partial charge in [-0.3, -0.25) is 0 Å². The van der Waals surface area contributed by atoms with E-state index in [1.807, 2.05) is 11.0 Å². The lowest BCUT2D eigenvalue weighted by molar-refractivity contribution is -0.137. The molecule has 0 N–H and O–H groups in total. The highest BCUT2D eigenvalue weighted by Gasteiger charge is 2.33. The zero-order chi connectivity index (χ0) is 15.9. The van der Waals surface area contributed by atoms with Gasteiger partial charge in [0.2, 0.25) is 0 Å². The number of fused-ring (bicyclic) bond motifs is 1. The van der Waals surface area contributed by atoms with Gasteiger partial charge in [0.25, 0.3) is 0 Å². The van der Waals surface area contributed by atoms with Crippen LogP contribution in [-0.4, -0.2) is 6.54 Å². The molecule has 0 unspecified atom stereocenters. The summed E-state index contributed by atoms with van der Waals surface area (Å²) in [4.78, 5) is 1.83. The predicted octanol–water partition coefficient (Wildman–Crippen LogP) is 5.06. The Morgan fingerprint density at radius 1 is 1.09 bits per heavy atom. The molecule has 0 atom stereocenters. The Morgan fingerprint density at radius 3 is 2.55 bits per heavy atom. The van der Waals surface area contributed by atoms with Crippen LogP contribution in [0.3, 0.4) is 0 Å². The molecule has 0 aliphatic carbocycles. The smallest absolute Gasteiger partial charge is 0.367 e. The van der Waals surface area contributed by atoms with E-state index in [4.69, 9.17) is 11.6 Å². The van der Waals surface area contributed by atoms with Crippen LogP contribution in [0.5, 0.6) is 0 Å². The highest BCUT2D eigenvalue weighted by Crippen LogP contribution is 2.37. The van der Waals surface area contributed by atoms with Gasteiger partial charge < -0.3 is 4.90 Å². The number of rotatable bonds is 1. The molecule has 6 heteroatoms. The number of benzene rings is 2. The van der Waals surface area contributed by atoms with Gasteiger partial charge in [-0.05, 0) is 36.2 Å². The van der Waals surface area contributed by atoms with Gasteiger partial charge in [0.1, 0.15) is 5.82 Å². The molecule has 116 valence electrons. The lowest BCUT2D eigenvalue weighted by atomic mass is 9.98. The predicted molar refractivity (Wildman–Crippen MR) is 77.6 cm³/mol. The molecule has 1 aliphatic rings. The molecular weight excluding hydrogens is 318 g/mol. The number of alkyl halides is 3. The van der Waals surface area contributed by atoms with Crippen molar-refractivity contribution >= 4 is 17.3 Å². The Balaban J connectivity index is 1.91. The topological polar surface area (TPSA) is 3.24 Å². The van der Waals surface area contributed by atoms with Crippen LogP contribution in [0, 0.1) is 5.82 Å². The summed E-state index contributed by atoms with van der Waals surface area (Å²) in [5.74, 6) is -0.291. The Labute approximate surface area is 130 Å². The Bertz CT molecular complexity index is 712. The molecule has 22 heavy (non-hydrogen) atoms. The van der Waals surface area contributed by atoms with Crippen LogP contribution < -0.4 is 4.90 Å². The molecule has 0 bridgehead atoms. The molecule has 0 radical (unpaired) electrons. The van der Waals surface area contributed by atoms with Crippen molar-refractivity contribution in [1.82, 2.24) is 0 Å². The van der Waals surface area contributed by atoms with Gasteiger partial charge in [-0.15, -0.1) is 0 Å². The van der Waals surface area contributed by atoms with Crippen LogP contribution in [0.15, 0.2) is 36.4 Å². The van der Waals surface area contributed by atoms with Crippen molar-refractivity contribution in [3.8, 4) is 0 Å². The highest BCUT2D eigenvalue weighted by atomic mass is 35.5. The zero-order valence-corrected chi connectivity index (χ0v) is 12.2. The first-order valence-electron chi connectivity index (χ1n) is 6.74. The van der Waals surface area contributed by atoms with Gasteiger partial charge in [-0.1, -0.05) is 23.7 Å². The van der Waals surface area contributed by atoms with Crippen molar-refractivity contribution in [2.24, 2.45) is 0 Å². The highest BCUT2D eigenvalue weighted by molar-refractivity contribution is 6.31. The third-order valence-electron chi connectivity index (χ3n) is 3.84. The third kappa shape index (κ3) is 2.77. The third-order valence-corrected chi connectivity index (χ3v) is 4.15. The SMILES string of the molecule is Fc1cccc2c1CN(c1ccc(C(F)(F)F)c(Cl)c1)CC2. The van der Waals surface area contributed by atoms with Crippen LogP contribution in [-0.2, 0) is 19.1 Å². The summed E-state index contributed by atoms with van der Waals surface area (Å²) in [5.41, 5.74) is 1.23. The monoisotopic (exact) mass is 329 g/mol. The molecule has 1 nitrogen and oxygen atoms in total. The zero-order valence-electron chi connectivity index (χ0n) is 11.4. The summed E-state index contributed by atoms with van der Waals surface area (Å²) in [6, 6.07) is 8.56. The molecule has 0 saturated carbocycles. The van der Waals surface area contributed by atoms with E-state index in [9.17, 15) is 17.6 Å². The summed E-state index contributed by atoms with van der Waals surface area (Å²) < 4.78 is 52.0. The standard InChI is InChI=1S/C16H12ClF4N/c17-14-8-11(4-5-13(14)16(19,20)21)22-7-6-10-2-1-3-15(18)12(10)9-22/h1-5,8H,6-7,9H2. The molecular formula is C16H12ClF4N. The molecule has 3 rings (SSSR count). The van der Waals surface area contributed by atoms with Crippen molar-refractivity contribution in [2.45, 2.75) is 19.1 Å². The van der Waals surface area contributed by atoms with E-state index < -0.39 is 11.7 Å². The maximum Gasteiger partial charge on any atom is 0.417 e. The second-order valence-corrected chi connectivity index (χ2v) is 5.62. The minimum absolute atomic E-state index is 0.291. The molecule has 0 saturated heterocycles. The maximum atomic E-state index is 13.9. The van der Waals surface area contributed by atoms with Gasteiger partial charge in [0.05, 0.1) is 10.6 Å². The first-order valence-corrected chi connectivity index (χ1v) is 7.12. The van der Waals surface area contributed by atoms with E-state index in [-0.39, 0.29) is 10.8 Å². The Hall–Kier alpha value is -1.75. The number of halogens is 5. The molecule has 2 aromatic carbocycles. The number of anilines is 1. The first-order chi connectivity index (χ1) is 10.4. The summed E-state index contributed by atoms with van der Waals surface area (Å²) >= 11 is 5.74. The van der Waals surface area contributed by atoms with Crippen LogP contribution in [0.2, 0.25) is 5.02 Å². The number of nitrogens with zero attached hydrogens (tertiary/aromatic N) is 1. The van der Waals surface area contributed by atoms with Gasteiger partial charge >= 0.3 is 6.18 Å². The van der Waals surface area contributed by atoms with Crippen molar-refractivity contribution in [3.63, 3.8) is 0 Å². The van der Waals surface area contributed by atoms with E-state index in [1.165, 1.54) is 18.2 Å². The Kier molecular flexibility index (Phi) is 3.77. The average Bonchev–Trinajstić information content (AvgIpc) is 2.46. The molecule has 2 aromatic rings. The minimum atomic E-state index is -4.48. The summed E-state index contributed by atoms with van der Waals surface area (Å²) in [7, 11) is 0. The summed E-state index contributed by atoms with van der Waals surface area (Å²) in [5, 5.41) is -0.343. The quantitative estimate of drug-likeness (QED) is 0.661. The molecule has 0 fully saturated rings. The summed E-state index contributed by atoms with van der Waals surface area (Å²) in [6.45, 7) is 0.932. The maximum absolute atomic E-state index is 13.9. The molecule has 1 heterocycles. The fraction of sp³-hybridized carbons (Fsp3) is 0.250. The molecule has 0 aromatic heterocycles. The molecule has 1 aliphatic heterocycles. The molecule has 0 spiro atoms. The minimum Gasteiger partial charge on any atom is -0.367 e.